The smallest absolute Gasteiger partial charge is 0.212 e. The fourth-order valence-corrected chi connectivity index (χ4v) is 2.99. The maximum absolute atomic E-state index is 12.8. The molecule has 0 bridgehead atoms. The van der Waals surface area contributed by atoms with Gasteiger partial charge in [-0.1, -0.05) is 23.8 Å². The molecule has 0 fully saturated rings. The maximum atomic E-state index is 12.8. The molecular formula is C19H20N2O3. The van der Waals surface area contributed by atoms with Crippen molar-refractivity contribution in [1.82, 2.24) is 9.78 Å². The minimum atomic E-state index is -0.199. The van der Waals surface area contributed by atoms with Crippen molar-refractivity contribution in [1.29, 1.82) is 0 Å². The molecule has 0 spiro atoms. The Hall–Kier alpha value is -2.53. The zero-order chi connectivity index (χ0) is 17.3. The quantitative estimate of drug-likeness (QED) is 0.732. The predicted molar refractivity (Wildman–Crippen MR) is 90.4 cm³/mol. The van der Waals surface area contributed by atoms with E-state index in [0.717, 1.165) is 18.4 Å². The molecule has 1 heterocycles. The van der Waals surface area contributed by atoms with E-state index in [9.17, 15) is 9.59 Å². The molecule has 0 unspecified atom stereocenters. The molecule has 1 aromatic carbocycles. The Labute approximate surface area is 140 Å². The highest BCUT2D eigenvalue weighted by atomic mass is 16.3. The maximum Gasteiger partial charge on any atom is 0.212 e. The number of benzene rings is 1. The molecule has 1 aliphatic rings. The summed E-state index contributed by atoms with van der Waals surface area (Å²) in [5.74, 6) is -0.380. The highest BCUT2D eigenvalue weighted by Crippen LogP contribution is 2.28. The lowest BCUT2D eigenvalue weighted by Crippen LogP contribution is -2.24. The van der Waals surface area contributed by atoms with Crippen LogP contribution in [0, 0.1) is 0 Å². The number of allylic oxidation sites excluding steroid dienone is 2. The topological polar surface area (TPSA) is 72.2 Å². The van der Waals surface area contributed by atoms with Crippen LogP contribution in [0.2, 0.25) is 0 Å². The number of carbonyl (C=O) groups is 2. The molecule has 0 saturated heterocycles. The molecule has 0 atom stereocenters. The van der Waals surface area contributed by atoms with Gasteiger partial charge < -0.3 is 5.11 Å². The Morgan fingerprint density at radius 3 is 2.67 bits per heavy atom. The van der Waals surface area contributed by atoms with Crippen molar-refractivity contribution in [3.05, 3.63) is 64.0 Å². The molecule has 124 valence electrons. The van der Waals surface area contributed by atoms with Crippen LogP contribution in [0.5, 0.6) is 0 Å². The molecule has 2 aromatic rings. The molecule has 1 aliphatic carbocycles. The van der Waals surface area contributed by atoms with Crippen molar-refractivity contribution in [2.24, 2.45) is 0 Å². The van der Waals surface area contributed by atoms with E-state index in [1.165, 1.54) is 16.5 Å². The number of hydrogen-bond acceptors (Lipinski definition) is 4. The van der Waals surface area contributed by atoms with Gasteiger partial charge in [0.1, 0.15) is 5.69 Å². The molecule has 1 aromatic heterocycles. The summed E-state index contributed by atoms with van der Waals surface area (Å²) in [5.41, 5.74) is 3.76. The van der Waals surface area contributed by atoms with Gasteiger partial charge in [-0.2, -0.15) is 5.10 Å². The first-order valence-electron chi connectivity index (χ1n) is 8.05. The Bertz CT molecular complexity index is 842. The average Bonchev–Trinajstić information content (AvgIpc) is 2.97. The van der Waals surface area contributed by atoms with Crippen molar-refractivity contribution >= 4 is 11.6 Å². The second-order valence-electron chi connectivity index (χ2n) is 6.21. The summed E-state index contributed by atoms with van der Waals surface area (Å²) in [4.78, 5) is 25.4. The summed E-state index contributed by atoms with van der Waals surface area (Å²) >= 11 is 0. The first-order chi connectivity index (χ1) is 11.5. The summed E-state index contributed by atoms with van der Waals surface area (Å²) in [5, 5.41) is 13.2. The second-order valence-corrected chi connectivity index (χ2v) is 6.21. The highest BCUT2D eigenvalue weighted by molar-refractivity contribution is 6.27. The van der Waals surface area contributed by atoms with Crippen LogP contribution in [0.1, 0.15) is 57.8 Å². The van der Waals surface area contributed by atoms with Crippen LogP contribution < -0.4 is 0 Å². The zero-order valence-corrected chi connectivity index (χ0v) is 13.9. The van der Waals surface area contributed by atoms with Crippen LogP contribution in [0.4, 0.5) is 0 Å². The molecule has 3 rings (SSSR count). The number of fused-ring (bicyclic) bond motifs is 2. The predicted octanol–water partition coefficient (Wildman–Crippen LogP) is 2.55. The first kappa shape index (κ1) is 16.3. The summed E-state index contributed by atoms with van der Waals surface area (Å²) in [6.07, 6.45) is 5.29. The molecule has 0 radical (unpaired) electrons. The molecule has 1 N–H and O–H groups in total. The number of aliphatic hydroxyl groups excluding tert-OH is 1. The van der Waals surface area contributed by atoms with Crippen LogP contribution in [-0.4, -0.2) is 33.1 Å². The molecule has 0 aliphatic heterocycles. The third kappa shape index (κ3) is 2.83. The molecular weight excluding hydrogens is 304 g/mol. The van der Waals surface area contributed by atoms with Gasteiger partial charge in [-0.15, -0.1) is 0 Å². The number of hydrogen-bond donors (Lipinski definition) is 1. The van der Waals surface area contributed by atoms with Gasteiger partial charge in [-0.3, -0.25) is 14.3 Å². The Morgan fingerprint density at radius 2 is 1.96 bits per heavy atom. The lowest BCUT2D eigenvalue weighted by atomic mass is 9.86. The van der Waals surface area contributed by atoms with Gasteiger partial charge >= 0.3 is 0 Å². The summed E-state index contributed by atoms with van der Waals surface area (Å²) in [6.45, 7) is 4.17. The number of aliphatic hydroxyl groups is 1. The molecule has 5 nitrogen and oxygen atoms in total. The third-order valence-electron chi connectivity index (χ3n) is 4.17. The lowest BCUT2D eigenvalue weighted by Gasteiger charge is -2.16. The number of carbonyl (C=O) groups excluding carboxylic acids is 2. The molecule has 0 saturated carbocycles. The van der Waals surface area contributed by atoms with E-state index in [1.54, 1.807) is 6.07 Å². The fourth-order valence-electron chi connectivity index (χ4n) is 2.99. The minimum absolute atomic E-state index is 0.134. The highest BCUT2D eigenvalue weighted by Gasteiger charge is 2.33. The monoisotopic (exact) mass is 324 g/mol. The Kier molecular flexibility index (Phi) is 4.44. The molecule has 5 heteroatoms. The van der Waals surface area contributed by atoms with Crippen LogP contribution in [-0.2, 0) is 13.0 Å². The zero-order valence-electron chi connectivity index (χ0n) is 13.9. The van der Waals surface area contributed by atoms with Crippen LogP contribution in [0.3, 0.4) is 0 Å². The van der Waals surface area contributed by atoms with E-state index in [2.05, 4.69) is 25.0 Å². The van der Waals surface area contributed by atoms with Crippen molar-refractivity contribution in [2.45, 2.75) is 33.2 Å². The summed E-state index contributed by atoms with van der Waals surface area (Å²) in [6, 6.07) is 5.46. The van der Waals surface area contributed by atoms with Crippen LogP contribution in [0.25, 0.3) is 0 Å². The van der Waals surface area contributed by atoms with E-state index < -0.39 is 0 Å². The van der Waals surface area contributed by atoms with Crippen LogP contribution >= 0.6 is 0 Å². The fraction of sp³-hybridized carbons (Fsp3) is 0.316. The molecule has 0 amide bonds. The van der Waals surface area contributed by atoms with Gasteiger partial charge in [0.05, 0.1) is 24.9 Å². The van der Waals surface area contributed by atoms with Gasteiger partial charge in [-0.25, -0.2) is 0 Å². The number of aromatic nitrogens is 2. The lowest BCUT2D eigenvalue weighted by molar-refractivity contribution is 0.0971. The summed E-state index contributed by atoms with van der Waals surface area (Å²) in [7, 11) is 0. The first-order valence-corrected chi connectivity index (χ1v) is 8.05. The van der Waals surface area contributed by atoms with Gasteiger partial charge in [0, 0.05) is 11.1 Å². The molecule has 24 heavy (non-hydrogen) atoms. The minimum Gasteiger partial charge on any atom is -0.394 e. The van der Waals surface area contributed by atoms with Gasteiger partial charge in [0.2, 0.25) is 5.78 Å². The number of nitrogens with zero attached hydrogens (tertiary/aromatic N) is 2. The number of rotatable bonds is 5. The van der Waals surface area contributed by atoms with Crippen molar-refractivity contribution in [2.75, 3.05) is 6.61 Å². The van der Waals surface area contributed by atoms with Crippen molar-refractivity contribution < 1.29 is 14.7 Å². The van der Waals surface area contributed by atoms with Gasteiger partial charge in [-0.05, 0) is 38.3 Å². The summed E-state index contributed by atoms with van der Waals surface area (Å²) < 4.78 is 1.41. The largest absolute Gasteiger partial charge is 0.394 e. The Morgan fingerprint density at radius 1 is 1.17 bits per heavy atom. The van der Waals surface area contributed by atoms with E-state index in [-0.39, 0.29) is 30.4 Å². The van der Waals surface area contributed by atoms with E-state index >= 15 is 0 Å². The van der Waals surface area contributed by atoms with Crippen molar-refractivity contribution in [3.63, 3.8) is 0 Å². The Balaban J connectivity index is 1.97. The normalized spacial score (nSPS) is 12.8. The number of aryl methyl sites for hydroxylation is 1. The average molecular weight is 324 g/mol. The van der Waals surface area contributed by atoms with Gasteiger partial charge in [0.15, 0.2) is 5.78 Å². The van der Waals surface area contributed by atoms with E-state index in [1.807, 2.05) is 12.1 Å². The van der Waals surface area contributed by atoms with E-state index in [4.69, 9.17) is 5.11 Å². The standard InChI is InChI=1S/C19H20N2O3/c1-12(2)4-3-5-13-6-7-14-15(10-13)19(24)17-16(18(14)23)11-20-21(17)8-9-22/h4,6-7,10-11,22H,3,5,8-9H2,1-2H3. The van der Waals surface area contributed by atoms with Gasteiger partial charge in [0.25, 0.3) is 0 Å². The SMILES string of the molecule is CC(C)=CCCc1ccc2c(c1)C(=O)c1c(cnn1CCO)C2=O. The third-order valence-corrected chi connectivity index (χ3v) is 4.17. The van der Waals surface area contributed by atoms with Crippen LogP contribution in [0.15, 0.2) is 36.0 Å². The number of ketones is 2. The second kappa shape index (κ2) is 6.53. The van der Waals surface area contributed by atoms with Crippen molar-refractivity contribution in [3.8, 4) is 0 Å². The van der Waals surface area contributed by atoms with E-state index in [0.29, 0.717) is 16.7 Å².